The molecule has 0 aliphatic carbocycles. The van der Waals surface area contributed by atoms with Crippen LogP contribution in [0.1, 0.15) is 24.0 Å². The number of sulfone groups is 1. The van der Waals surface area contributed by atoms with Crippen LogP contribution in [0.3, 0.4) is 0 Å². The van der Waals surface area contributed by atoms with Crippen LogP contribution in [-0.4, -0.2) is 31.6 Å². The quantitative estimate of drug-likeness (QED) is 0.818. The minimum Gasteiger partial charge on any atom is -0.464 e. The van der Waals surface area contributed by atoms with E-state index in [0.717, 1.165) is 0 Å². The van der Waals surface area contributed by atoms with Gasteiger partial charge in [-0.05, 0) is 25.5 Å². The van der Waals surface area contributed by atoms with Crippen molar-refractivity contribution in [3.63, 3.8) is 0 Å². The number of rotatable bonds is 3. The van der Waals surface area contributed by atoms with E-state index in [2.05, 4.69) is 0 Å². The van der Waals surface area contributed by atoms with Gasteiger partial charge in [0.25, 0.3) is 0 Å². The van der Waals surface area contributed by atoms with Gasteiger partial charge in [-0.15, -0.1) is 0 Å². The maximum absolute atomic E-state index is 11.5. The summed E-state index contributed by atoms with van der Waals surface area (Å²) >= 11 is 0. The molecule has 0 saturated carbocycles. The summed E-state index contributed by atoms with van der Waals surface area (Å²) < 4.78 is 28.4. The second-order valence-corrected chi connectivity index (χ2v) is 6.94. The van der Waals surface area contributed by atoms with Crippen molar-refractivity contribution >= 4 is 9.84 Å². The highest BCUT2D eigenvalue weighted by molar-refractivity contribution is 7.91. The Morgan fingerprint density at radius 3 is 2.71 bits per heavy atom. The van der Waals surface area contributed by atoms with Crippen molar-refractivity contribution in [2.24, 2.45) is 11.1 Å². The lowest BCUT2D eigenvalue weighted by molar-refractivity contribution is 0.0288. The van der Waals surface area contributed by atoms with Crippen molar-refractivity contribution in [2.45, 2.75) is 19.4 Å². The molecule has 0 spiro atoms. The Labute approximate surface area is 101 Å². The van der Waals surface area contributed by atoms with Crippen LogP contribution in [0.5, 0.6) is 0 Å². The molecule has 1 aliphatic rings. The number of aliphatic hydroxyl groups excluding tert-OH is 1. The van der Waals surface area contributed by atoms with Gasteiger partial charge in [-0.1, -0.05) is 0 Å². The molecule has 1 aromatic heterocycles. The first-order valence-corrected chi connectivity index (χ1v) is 7.36. The van der Waals surface area contributed by atoms with Crippen molar-refractivity contribution in [3.8, 4) is 0 Å². The standard InChI is InChI=1S/C11H17NO4S/c1-8-2-3-9(16-8)10(13)11(6-12)4-5-17(14,15)7-11/h2-3,10,13H,4-7,12H2,1H3. The Hall–Kier alpha value is -0.850. The molecule has 0 amide bonds. The van der Waals surface area contributed by atoms with E-state index in [1.165, 1.54) is 0 Å². The molecule has 6 heteroatoms. The Morgan fingerprint density at radius 2 is 2.29 bits per heavy atom. The molecule has 17 heavy (non-hydrogen) atoms. The zero-order chi connectivity index (χ0) is 12.7. The van der Waals surface area contributed by atoms with Gasteiger partial charge >= 0.3 is 0 Å². The molecule has 2 atom stereocenters. The predicted molar refractivity (Wildman–Crippen MR) is 63.2 cm³/mol. The van der Waals surface area contributed by atoms with Gasteiger partial charge < -0.3 is 15.3 Å². The largest absolute Gasteiger partial charge is 0.464 e. The van der Waals surface area contributed by atoms with Crippen molar-refractivity contribution in [3.05, 3.63) is 23.7 Å². The first-order valence-electron chi connectivity index (χ1n) is 5.53. The van der Waals surface area contributed by atoms with Crippen molar-refractivity contribution in [2.75, 3.05) is 18.1 Å². The Kier molecular flexibility index (Phi) is 3.05. The lowest BCUT2D eigenvalue weighted by Crippen LogP contribution is -2.37. The van der Waals surface area contributed by atoms with Gasteiger partial charge in [-0.2, -0.15) is 0 Å². The third-order valence-electron chi connectivity index (χ3n) is 3.44. The summed E-state index contributed by atoms with van der Waals surface area (Å²) in [7, 11) is -3.09. The van der Waals surface area contributed by atoms with E-state index in [1.807, 2.05) is 0 Å². The van der Waals surface area contributed by atoms with Gasteiger partial charge in [0.05, 0.1) is 11.5 Å². The molecule has 5 nitrogen and oxygen atoms in total. The second-order valence-electron chi connectivity index (χ2n) is 4.76. The number of aryl methyl sites for hydroxylation is 1. The first-order chi connectivity index (χ1) is 7.88. The molecular weight excluding hydrogens is 242 g/mol. The number of aliphatic hydroxyl groups is 1. The highest BCUT2D eigenvalue weighted by Crippen LogP contribution is 2.42. The van der Waals surface area contributed by atoms with E-state index in [1.54, 1.807) is 19.1 Å². The molecule has 0 radical (unpaired) electrons. The maximum atomic E-state index is 11.5. The smallest absolute Gasteiger partial charge is 0.151 e. The van der Waals surface area contributed by atoms with Gasteiger partial charge in [0.15, 0.2) is 9.84 Å². The van der Waals surface area contributed by atoms with E-state index in [9.17, 15) is 13.5 Å². The summed E-state index contributed by atoms with van der Waals surface area (Å²) in [6.45, 7) is 1.91. The molecule has 1 fully saturated rings. The molecule has 96 valence electrons. The molecule has 1 aliphatic heterocycles. The molecule has 2 rings (SSSR count). The van der Waals surface area contributed by atoms with Gasteiger partial charge in [-0.3, -0.25) is 0 Å². The third-order valence-corrected chi connectivity index (χ3v) is 5.28. The third kappa shape index (κ3) is 2.25. The Balaban J connectivity index is 2.31. The van der Waals surface area contributed by atoms with Gasteiger partial charge in [0, 0.05) is 12.0 Å². The average molecular weight is 259 g/mol. The number of nitrogens with two attached hydrogens (primary N) is 1. The molecule has 0 aromatic carbocycles. The fraction of sp³-hybridized carbons (Fsp3) is 0.636. The van der Waals surface area contributed by atoms with Crippen LogP contribution in [0.4, 0.5) is 0 Å². The maximum Gasteiger partial charge on any atom is 0.151 e. The molecular formula is C11H17NO4S. The van der Waals surface area contributed by atoms with E-state index >= 15 is 0 Å². The van der Waals surface area contributed by atoms with Crippen molar-refractivity contribution in [1.29, 1.82) is 0 Å². The summed E-state index contributed by atoms with van der Waals surface area (Å²) in [5.74, 6) is 1.09. The second kappa shape index (κ2) is 4.12. The lowest BCUT2D eigenvalue weighted by Gasteiger charge is -2.30. The van der Waals surface area contributed by atoms with E-state index in [4.69, 9.17) is 10.2 Å². The lowest BCUT2D eigenvalue weighted by atomic mass is 9.80. The molecule has 1 saturated heterocycles. The van der Waals surface area contributed by atoms with Crippen LogP contribution in [0.15, 0.2) is 16.5 Å². The highest BCUT2D eigenvalue weighted by atomic mass is 32.2. The van der Waals surface area contributed by atoms with E-state index < -0.39 is 21.4 Å². The summed E-state index contributed by atoms with van der Waals surface area (Å²) in [6.07, 6.45) is -0.578. The van der Waals surface area contributed by atoms with E-state index in [-0.39, 0.29) is 18.1 Å². The number of hydrogen-bond donors (Lipinski definition) is 2. The van der Waals surface area contributed by atoms with Gasteiger partial charge in [0.2, 0.25) is 0 Å². The molecule has 1 aromatic rings. The molecule has 0 bridgehead atoms. The SMILES string of the molecule is Cc1ccc(C(O)C2(CN)CCS(=O)(=O)C2)o1. The number of hydrogen-bond acceptors (Lipinski definition) is 5. The zero-order valence-corrected chi connectivity index (χ0v) is 10.5. The highest BCUT2D eigenvalue weighted by Gasteiger charge is 2.48. The van der Waals surface area contributed by atoms with Crippen LogP contribution in [0, 0.1) is 12.3 Å². The zero-order valence-electron chi connectivity index (χ0n) is 9.72. The summed E-state index contributed by atoms with van der Waals surface area (Å²) in [6, 6.07) is 3.41. The molecule has 2 unspecified atom stereocenters. The Morgan fingerprint density at radius 1 is 1.59 bits per heavy atom. The summed E-state index contributed by atoms with van der Waals surface area (Å²) in [4.78, 5) is 0. The molecule has 2 heterocycles. The first kappa shape index (κ1) is 12.6. The topological polar surface area (TPSA) is 93.5 Å². The minimum absolute atomic E-state index is 0.0720. The van der Waals surface area contributed by atoms with Gasteiger partial charge in [0.1, 0.15) is 17.6 Å². The number of furan rings is 1. The fourth-order valence-corrected chi connectivity index (χ4v) is 4.49. The van der Waals surface area contributed by atoms with Crippen LogP contribution in [-0.2, 0) is 9.84 Å². The van der Waals surface area contributed by atoms with Crippen molar-refractivity contribution in [1.82, 2.24) is 0 Å². The monoisotopic (exact) mass is 259 g/mol. The van der Waals surface area contributed by atoms with Gasteiger partial charge in [-0.25, -0.2) is 8.42 Å². The summed E-state index contributed by atoms with van der Waals surface area (Å²) in [5, 5.41) is 10.3. The minimum atomic E-state index is -3.09. The van der Waals surface area contributed by atoms with Crippen LogP contribution in [0.2, 0.25) is 0 Å². The van der Waals surface area contributed by atoms with E-state index in [0.29, 0.717) is 17.9 Å². The normalized spacial score (nSPS) is 29.4. The molecule has 3 N–H and O–H groups in total. The average Bonchev–Trinajstić information content (AvgIpc) is 2.82. The summed E-state index contributed by atoms with van der Waals surface area (Å²) in [5.41, 5.74) is 4.87. The van der Waals surface area contributed by atoms with Crippen LogP contribution >= 0.6 is 0 Å². The fourth-order valence-electron chi connectivity index (χ4n) is 2.33. The van der Waals surface area contributed by atoms with Crippen LogP contribution < -0.4 is 5.73 Å². The van der Waals surface area contributed by atoms with Crippen LogP contribution in [0.25, 0.3) is 0 Å². The Bertz CT molecular complexity index is 507. The predicted octanol–water partition coefficient (Wildman–Crippen LogP) is 0.385. The van der Waals surface area contributed by atoms with Crippen molar-refractivity contribution < 1.29 is 17.9 Å².